The van der Waals surface area contributed by atoms with E-state index in [0.717, 1.165) is 0 Å². The summed E-state index contributed by atoms with van der Waals surface area (Å²) < 4.78 is 5.66. The molecule has 3 rings (SSSR count). The number of benzene rings is 2. The van der Waals surface area contributed by atoms with Crippen LogP contribution in [0.5, 0.6) is 5.75 Å². The van der Waals surface area contributed by atoms with Crippen molar-refractivity contribution in [1.29, 1.82) is 0 Å². The van der Waals surface area contributed by atoms with Gasteiger partial charge in [-0.2, -0.15) is 0 Å². The highest BCUT2D eigenvalue weighted by atomic mass is 16.5. The molecule has 1 amide bonds. The number of H-pyrrole nitrogens is 2. The summed E-state index contributed by atoms with van der Waals surface area (Å²) in [5.74, 6) is 0.273. The number of ether oxygens (including phenoxy) is 1. The summed E-state index contributed by atoms with van der Waals surface area (Å²) in [5, 5.41) is 2.82. The Morgan fingerprint density at radius 3 is 2.61 bits per heavy atom. The van der Waals surface area contributed by atoms with E-state index in [-0.39, 0.29) is 17.7 Å². The topological polar surface area (TPSA) is 87.0 Å². The molecule has 0 bridgehead atoms. The van der Waals surface area contributed by atoms with Crippen molar-refractivity contribution in [3.8, 4) is 5.75 Å². The Hall–Kier alpha value is -3.02. The molecular weight excluding hydrogens is 294 g/mol. The first kappa shape index (κ1) is 14.9. The molecule has 3 N–H and O–H groups in total. The molecule has 1 aromatic heterocycles. The van der Waals surface area contributed by atoms with Gasteiger partial charge in [-0.25, -0.2) is 4.79 Å². The molecule has 0 saturated carbocycles. The van der Waals surface area contributed by atoms with Gasteiger partial charge in [-0.3, -0.25) is 4.79 Å². The fraction of sp³-hybridized carbons (Fsp3) is 0.176. The van der Waals surface area contributed by atoms with E-state index in [4.69, 9.17) is 4.74 Å². The second-order valence-electron chi connectivity index (χ2n) is 5.46. The normalized spacial score (nSPS) is 10.9. The lowest BCUT2D eigenvalue weighted by molar-refractivity contribution is 0.102. The largest absolute Gasteiger partial charge is 0.490 e. The van der Waals surface area contributed by atoms with Crippen molar-refractivity contribution in [1.82, 2.24) is 9.97 Å². The number of hydrogen-bond acceptors (Lipinski definition) is 3. The van der Waals surface area contributed by atoms with Crippen LogP contribution in [0.25, 0.3) is 11.0 Å². The first-order chi connectivity index (χ1) is 11.0. The van der Waals surface area contributed by atoms with Gasteiger partial charge in [0.25, 0.3) is 5.91 Å². The van der Waals surface area contributed by atoms with Crippen LogP contribution in [-0.4, -0.2) is 22.0 Å². The molecule has 0 aliphatic heterocycles. The van der Waals surface area contributed by atoms with Gasteiger partial charge in [0.1, 0.15) is 5.75 Å². The number of carbonyl (C=O) groups excluding carboxylic acids is 1. The smallest absolute Gasteiger partial charge is 0.323 e. The summed E-state index contributed by atoms with van der Waals surface area (Å²) >= 11 is 0. The average molecular weight is 311 g/mol. The fourth-order valence-corrected chi connectivity index (χ4v) is 2.32. The van der Waals surface area contributed by atoms with Crippen LogP contribution >= 0.6 is 0 Å². The molecule has 0 spiro atoms. The summed E-state index contributed by atoms with van der Waals surface area (Å²) in [6.45, 7) is 3.82. The fourth-order valence-electron chi connectivity index (χ4n) is 2.32. The Bertz CT molecular complexity index is 909. The third kappa shape index (κ3) is 3.26. The van der Waals surface area contributed by atoms with Gasteiger partial charge in [0.15, 0.2) is 0 Å². The maximum atomic E-state index is 12.5. The van der Waals surface area contributed by atoms with E-state index in [1.165, 1.54) is 0 Å². The SMILES string of the molecule is CC(C)Oc1ccccc1C(=O)Nc1ccc2[nH]c(=O)[nH]c2c1. The van der Waals surface area contributed by atoms with Crippen molar-refractivity contribution in [2.45, 2.75) is 20.0 Å². The van der Waals surface area contributed by atoms with E-state index < -0.39 is 0 Å². The summed E-state index contributed by atoms with van der Waals surface area (Å²) in [5.41, 5.74) is 2.11. The molecule has 0 fully saturated rings. The molecule has 0 unspecified atom stereocenters. The van der Waals surface area contributed by atoms with Gasteiger partial charge in [0.05, 0.1) is 22.7 Å². The van der Waals surface area contributed by atoms with Crippen molar-refractivity contribution in [2.24, 2.45) is 0 Å². The lowest BCUT2D eigenvalue weighted by Crippen LogP contribution is -2.15. The molecular formula is C17H17N3O3. The number of hydrogen-bond donors (Lipinski definition) is 3. The zero-order chi connectivity index (χ0) is 16.4. The van der Waals surface area contributed by atoms with Crippen LogP contribution in [0.15, 0.2) is 47.3 Å². The van der Waals surface area contributed by atoms with E-state index in [9.17, 15) is 9.59 Å². The van der Waals surface area contributed by atoms with Gasteiger partial charge in [-0.1, -0.05) is 12.1 Å². The molecule has 3 aromatic rings. The van der Waals surface area contributed by atoms with Crippen molar-refractivity contribution in [3.63, 3.8) is 0 Å². The number of anilines is 1. The van der Waals surface area contributed by atoms with Crippen LogP contribution in [0.4, 0.5) is 5.69 Å². The summed E-state index contributed by atoms with van der Waals surface area (Å²) in [4.78, 5) is 29.1. The second-order valence-corrected chi connectivity index (χ2v) is 5.46. The van der Waals surface area contributed by atoms with E-state index in [1.54, 1.807) is 36.4 Å². The monoisotopic (exact) mass is 311 g/mol. The van der Waals surface area contributed by atoms with Gasteiger partial charge in [0, 0.05) is 5.69 Å². The molecule has 0 radical (unpaired) electrons. The first-order valence-electron chi connectivity index (χ1n) is 7.32. The zero-order valence-electron chi connectivity index (χ0n) is 12.8. The molecule has 6 heteroatoms. The molecule has 0 atom stereocenters. The van der Waals surface area contributed by atoms with Gasteiger partial charge in [-0.05, 0) is 44.2 Å². The summed E-state index contributed by atoms with van der Waals surface area (Å²) in [6.07, 6.45) is -0.0229. The van der Waals surface area contributed by atoms with Crippen LogP contribution < -0.4 is 15.7 Å². The predicted octanol–water partition coefficient (Wildman–Crippen LogP) is 2.90. The predicted molar refractivity (Wildman–Crippen MR) is 89.1 cm³/mol. The molecule has 118 valence electrons. The van der Waals surface area contributed by atoms with Gasteiger partial charge >= 0.3 is 5.69 Å². The number of rotatable bonds is 4. The highest BCUT2D eigenvalue weighted by molar-refractivity contribution is 6.06. The molecule has 1 heterocycles. The number of imidazole rings is 1. The first-order valence-corrected chi connectivity index (χ1v) is 7.32. The quantitative estimate of drug-likeness (QED) is 0.692. The number of amides is 1. The van der Waals surface area contributed by atoms with Crippen LogP contribution in [0.2, 0.25) is 0 Å². The third-order valence-corrected chi connectivity index (χ3v) is 3.27. The Kier molecular flexibility index (Phi) is 3.89. The Morgan fingerprint density at radius 1 is 1.09 bits per heavy atom. The molecule has 2 aromatic carbocycles. The number of carbonyl (C=O) groups is 1. The zero-order valence-corrected chi connectivity index (χ0v) is 12.8. The summed E-state index contributed by atoms with van der Waals surface area (Å²) in [7, 11) is 0. The minimum atomic E-state index is -0.279. The number of para-hydroxylation sites is 1. The average Bonchev–Trinajstić information content (AvgIpc) is 2.86. The van der Waals surface area contributed by atoms with Crippen LogP contribution in [0.1, 0.15) is 24.2 Å². The van der Waals surface area contributed by atoms with E-state index >= 15 is 0 Å². The number of aromatic amines is 2. The van der Waals surface area contributed by atoms with Gasteiger partial charge < -0.3 is 20.0 Å². The second kappa shape index (κ2) is 6.00. The Balaban J connectivity index is 1.87. The number of fused-ring (bicyclic) bond motifs is 1. The number of aromatic nitrogens is 2. The van der Waals surface area contributed by atoms with Crippen molar-refractivity contribution in [3.05, 3.63) is 58.5 Å². The maximum absolute atomic E-state index is 12.5. The molecule has 6 nitrogen and oxygen atoms in total. The maximum Gasteiger partial charge on any atom is 0.323 e. The minimum absolute atomic E-state index is 0.0229. The van der Waals surface area contributed by atoms with Gasteiger partial charge in [-0.15, -0.1) is 0 Å². The Labute approximate surface area is 132 Å². The lowest BCUT2D eigenvalue weighted by atomic mass is 10.1. The molecule has 0 aliphatic carbocycles. The summed E-state index contributed by atoms with van der Waals surface area (Å²) in [6, 6.07) is 12.3. The minimum Gasteiger partial charge on any atom is -0.490 e. The Morgan fingerprint density at radius 2 is 1.83 bits per heavy atom. The standard InChI is InChI=1S/C17H17N3O3/c1-10(2)23-15-6-4-3-5-12(15)16(21)18-11-7-8-13-14(9-11)20-17(22)19-13/h3-10H,1-2H3,(H,18,21)(H2,19,20,22). The molecule has 0 saturated heterocycles. The van der Waals surface area contributed by atoms with E-state index in [2.05, 4.69) is 15.3 Å². The highest BCUT2D eigenvalue weighted by Gasteiger charge is 2.13. The molecule has 0 aliphatic rings. The highest BCUT2D eigenvalue weighted by Crippen LogP contribution is 2.22. The molecule has 23 heavy (non-hydrogen) atoms. The van der Waals surface area contributed by atoms with Gasteiger partial charge in [0.2, 0.25) is 0 Å². The van der Waals surface area contributed by atoms with Crippen molar-refractivity contribution >= 4 is 22.6 Å². The van der Waals surface area contributed by atoms with E-state index in [1.807, 2.05) is 19.9 Å². The van der Waals surface area contributed by atoms with Crippen LogP contribution in [0, 0.1) is 0 Å². The third-order valence-electron chi connectivity index (χ3n) is 3.27. The van der Waals surface area contributed by atoms with Crippen LogP contribution in [-0.2, 0) is 0 Å². The lowest BCUT2D eigenvalue weighted by Gasteiger charge is -2.14. The van der Waals surface area contributed by atoms with Crippen molar-refractivity contribution < 1.29 is 9.53 Å². The van der Waals surface area contributed by atoms with Crippen molar-refractivity contribution in [2.75, 3.05) is 5.32 Å². The number of nitrogens with one attached hydrogen (secondary N) is 3. The van der Waals surface area contributed by atoms with E-state index in [0.29, 0.717) is 28.0 Å². The van der Waals surface area contributed by atoms with Crippen LogP contribution in [0.3, 0.4) is 0 Å².